The Morgan fingerprint density at radius 2 is 2.12 bits per heavy atom. The highest BCUT2D eigenvalue weighted by Gasteiger charge is 2.51. The molecular formula is C21H26BrFN3O6Si+. The highest BCUT2D eigenvalue weighted by atomic mass is 79.9. The van der Waals surface area contributed by atoms with Crippen LogP contribution in [-0.2, 0) is 16.5 Å². The van der Waals surface area contributed by atoms with Crippen LogP contribution in [0.1, 0.15) is 22.1 Å². The van der Waals surface area contributed by atoms with Gasteiger partial charge in [-0.3, -0.25) is 14.3 Å². The van der Waals surface area contributed by atoms with Crippen LogP contribution < -0.4 is 15.8 Å². The Balaban J connectivity index is 1.93. The molecular weight excluding hydrogens is 517 g/mol. The van der Waals surface area contributed by atoms with Gasteiger partial charge in [-0.25, -0.2) is 18.5 Å². The molecule has 2 aromatic rings. The first-order valence-corrected chi connectivity index (χ1v) is 14.7. The van der Waals surface area contributed by atoms with Crippen LogP contribution in [-0.4, -0.2) is 52.1 Å². The van der Waals surface area contributed by atoms with E-state index in [-0.39, 0.29) is 11.1 Å². The summed E-state index contributed by atoms with van der Waals surface area (Å²) in [5.41, 5.74) is 0.739. The number of aliphatic hydroxyl groups excluding tert-OH is 1. The van der Waals surface area contributed by atoms with Crippen molar-refractivity contribution < 1.29 is 28.3 Å². The van der Waals surface area contributed by atoms with E-state index in [1.165, 1.54) is 18.5 Å². The molecule has 0 amide bonds. The number of pyridine rings is 1. The normalized spacial score (nSPS) is 24.2. The van der Waals surface area contributed by atoms with Gasteiger partial charge in [0.15, 0.2) is 30.9 Å². The molecule has 3 rings (SSSR count). The maximum atomic E-state index is 15.5. The second kappa shape index (κ2) is 9.83. The number of carbonyl (C=O) groups is 1. The van der Waals surface area contributed by atoms with Gasteiger partial charge in [-0.1, -0.05) is 47.3 Å². The minimum Gasteiger partial charge on any atom is -0.452 e. The van der Waals surface area contributed by atoms with Crippen LogP contribution in [0.2, 0.25) is 19.6 Å². The van der Waals surface area contributed by atoms with Gasteiger partial charge in [0.05, 0.1) is 13.6 Å². The van der Waals surface area contributed by atoms with E-state index in [0.717, 1.165) is 4.57 Å². The number of alkyl halides is 2. The average Bonchev–Trinajstić information content (AvgIpc) is 3.03. The number of ether oxygens (including phenoxy) is 2. The van der Waals surface area contributed by atoms with Crippen molar-refractivity contribution in [3.63, 3.8) is 0 Å². The van der Waals surface area contributed by atoms with Crippen LogP contribution in [0, 0.1) is 0 Å². The quantitative estimate of drug-likeness (QED) is 0.247. The van der Waals surface area contributed by atoms with Crippen molar-refractivity contribution >= 4 is 36.0 Å². The van der Waals surface area contributed by atoms with Gasteiger partial charge in [0, 0.05) is 12.3 Å². The Bertz CT molecular complexity index is 1180. The van der Waals surface area contributed by atoms with Crippen LogP contribution in [0.4, 0.5) is 4.39 Å². The molecule has 1 fully saturated rings. The second-order valence-electron chi connectivity index (χ2n) is 8.89. The van der Waals surface area contributed by atoms with E-state index >= 15 is 4.39 Å². The van der Waals surface area contributed by atoms with Gasteiger partial charge >= 0.3 is 11.7 Å². The Hall–Kier alpha value is -2.41. The fraction of sp³-hybridized carbons (Fsp3) is 0.429. The molecule has 0 aliphatic carbocycles. The lowest BCUT2D eigenvalue weighted by atomic mass is 10.1. The largest absolute Gasteiger partial charge is 0.452 e. The summed E-state index contributed by atoms with van der Waals surface area (Å²) in [6.45, 7) is 6.21. The van der Waals surface area contributed by atoms with Crippen molar-refractivity contribution in [1.82, 2.24) is 9.55 Å². The topological polar surface area (TPSA) is 114 Å². The number of H-pyrrole nitrogens is 1. The third kappa shape index (κ3) is 5.94. The van der Waals surface area contributed by atoms with Gasteiger partial charge in [-0.2, -0.15) is 0 Å². The zero-order valence-electron chi connectivity index (χ0n) is 18.6. The van der Waals surface area contributed by atoms with E-state index in [9.17, 15) is 19.5 Å². The molecule has 0 aromatic carbocycles. The highest BCUT2D eigenvalue weighted by molar-refractivity contribution is 9.09. The second-order valence-corrected chi connectivity index (χ2v) is 14.9. The number of aromatic amines is 1. The van der Waals surface area contributed by atoms with Gasteiger partial charge in [-0.05, 0) is 6.07 Å². The Morgan fingerprint density at radius 3 is 2.73 bits per heavy atom. The molecule has 0 bridgehead atoms. The number of nitrogens with one attached hydrogen (secondary N) is 1. The van der Waals surface area contributed by atoms with Gasteiger partial charge in [0.1, 0.15) is 23.7 Å². The average molecular weight is 543 g/mol. The summed E-state index contributed by atoms with van der Waals surface area (Å²) in [7, 11) is 0.0585. The van der Waals surface area contributed by atoms with Gasteiger partial charge in [0.2, 0.25) is 0 Å². The number of esters is 1. The smallest absolute Gasteiger partial charge is 0.344 e. The van der Waals surface area contributed by atoms with Crippen LogP contribution in [0.25, 0.3) is 6.08 Å². The molecule has 1 unspecified atom stereocenters. The zero-order valence-corrected chi connectivity index (χ0v) is 21.2. The van der Waals surface area contributed by atoms with E-state index in [1.54, 1.807) is 30.0 Å². The molecule has 5 atom stereocenters. The maximum Gasteiger partial charge on any atom is 0.344 e. The van der Waals surface area contributed by atoms with Crippen LogP contribution in [0.15, 0.2) is 46.0 Å². The molecule has 0 saturated carbocycles. The lowest BCUT2D eigenvalue weighted by Gasteiger charge is -2.20. The summed E-state index contributed by atoms with van der Waals surface area (Å²) in [5.74, 6) is -0.811. The van der Waals surface area contributed by atoms with Crippen molar-refractivity contribution in [3.8, 4) is 0 Å². The number of hydrogen-bond donors (Lipinski definition) is 2. The highest BCUT2D eigenvalue weighted by Crippen LogP contribution is 2.36. The van der Waals surface area contributed by atoms with E-state index in [4.69, 9.17) is 9.47 Å². The Labute approximate surface area is 198 Å². The summed E-state index contributed by atoms with van der Waals surface area (Å²) in [5, 5.41) is 8.67. The van der Waals surface area contributed by atoms with E-state index in [0.29, 0.717) is 0 Å². The molecule has 12 heteroatoms. The third-order valence-corrected chi connectivity index (χ3v) is 6.62. The fourth-order valence-corrected chi connectivity index (χ4v) is 4.38. The number of carbonyl (C=O) groups excluding carboxylic acids is 1. The monoisotopic (exact) mass is 542 g/mol. The van der Waals surface area contributed by atoms with Crippen molar-refractivity contribution in [2.24, 2.45) is 7.05 Å². The van der Waals surface area contributed by atoms with Crippen LogP contribution in [0.3, 0.4) is 0 Å². The SMILES string of the molecule is C[n+]1cccc(C(=O)O[C@H]2[C@@H](F)[C@H](n3cc(C=C[Si](C)(C)C)c(=O)[nH]c3=O)O[C@@H]2C(O)Br)c1. The minimum absolute atomic E-state index is 0.154. The van der Waals surface area contributed by atoms with Crippen molar-refractivity contribution in [2.75, 3.05) is 0 Å². The molecule has 9 nitrogen and oxygen atoms in total. The molecule has 2 N–H and O–H groups in total. The number of aromatic nitrogens is 3. The first-order chi connectivity index (χ1) is 15.4. The molecule has 2 aromatic heterocycles. The summed E-state index contributed by atoms with van der Waals surface area (Å²) in [6.07, 6.45) is -0.331. The third-order valence-electron chi connectivity index (χ3n) is 4.93. The molecule has 33 heavy (non-hydrogen) atoms. The summed E-state index contributed by atoms with van der Waals surface area (Å²) >= 11 is 2.93. The first-order valence-electron chi connectivity index (χ1n) is 10.2. The maximum absolute atomic E-state index is 15.5. The molecule has 178 valence electrons. The van der Waals surface area contributed by atoms with Crippen LogP contribution >= 0.6 is 15.9 Å². The Morgan fingerprint density at radius 1 is 1.42 bits per heavy atom. The fourth-order valence-electron chi connectivity index (χ4n) is 3.28. The molecule has 1 aliphatic heterocycles. The number of aliphatic hydroxyl groups is 1. The van der Waals surface area contributed by atoms with Crippen molar-refractivity contribution in [3.05, 3.63) is 68.4 Å². The molecule has 1 aliphatic rings. The van der Waals surface area contributed by atoms with Crippen LogP contribution in [0.5, 0.6) is 0 Å². The number of nitrogens with zero attached hydrogens (tertiary/aromatic N) is 2. The van der Waals surface area contributed by atoms with Crippen molar-refractivity contribution in [1.29, 1.82) is 0 Å². The minimum atomic E-state index is -2.00. The number of rotatable bonds is 6. The number of halogens is 2. The first kappa shape index (κ1) is 25.2. The summed E-state index contributed by atoms with van der Waals surface area (Å²) < 4.78 is 28.9. The summed E-state index contributed by atoms with van der Waals surface area (Å²) in [6, 6.07) is 3.13. The van der Waals surface area contributed by atoms with Gasteiger partial charge in [0.25, 0.3) is 5.56 Å². The van der Waals surface area contributed by atoms with Gasteiger partial charge < -0.3 is 14.6 Å². The number of aryl methyl sites for hydroxylation is 1. The summed E-state index contributed by atoms with van der Waals surface area (Å²) in [4.78, 5) is 39.4. The van der Waals surface area contributed by atoms with E-state index in [2.05, 4.69) is 40.6 Å². The Kier molecular flexibility index (Phi) is 7.51. The molecule has 3 heterocycles. The lowest BCUT2D eigenvalue weighted by molar-refractivity contribution is -0.671. The molecule has 1 saturated heterocycles. The number of hydrogen-bond acceptors (Lipinski definition) is 6. The zero-order chi connectivity index (χ0) is 24.5. The van der Waals surface area contributed by atoms with E-state index < -0.39 is 54.9 Å². The molecule has 0 spiro atoms. The van der Waals surface area contributed by atoms with Gasteiger partial charge in [-0.15, -0.1) is 0 Å². The predicted octanol–water partition coefficient (Wildman–Crippen LogP) is 1.43. The van der Waals surface area contributed by atoms with E-state index in [1.807, 2.05) is 5.70 Å². The lowest BCUT2D eigenvalue weighted by Crippen LogP contribution is -2.40. The predicted molar refractivity (Wildman–Crippen MR) is 124 cm³/mol. The molecule has 0 radical (unpaired) electrons. The van der Waals surface area contributed by atoms with Crippen molar-refractivity contribution in [2.45, 2.75) is 49.3 Å². The standard InChI is InChI=1S/C21H25BrFN3O6Si/c1-25-8-5-6-13(10-25)20(29)32-15-14(23)19(31-16(15)17(22)27)26-11-12(7-9-33(2,3)4)18(28)24-21(26)30/h5-11,14-17,19,27H,1-4H3/p+1/t14-,15+,16+,17?,19-/m1/s1.